The second kappa shape index (κ2) is 7.11. The number of nitrogens with zero attached hydrogens (tertiary/aromatic N) is 2. The van der Waals surface area contributed by atoms with E-state index in [1.165, 1.54) is 5.56 Å². The molecule has 3 aromatic rings. The maximum Gasteiger partial charge on any atom is 0.254 e. The highest BCUT2D eigenvalue weighted by Gasteiger charge is 2.26. The van der Waals surface area contributed by atoms with E-state index in [1.807, 2.05) is 53.6 Å². The van der Waals surface area contributed by atoms with Gasteiger partial charge in [0.05, 0.1) is 5.03 Å². The first-order valence-electron chi connectivity index (χ1n) is 8.28. The largest absolute Gasteiger partial charge is 0.330 e. The van der Waals surface area contributed by atoms with Crippen LogP contribution in [0.15, 0.2) is 78.0 Å². The summed E-state index contributed by atoms with van der Waals surface area (Å²) >= 11 is 1.73. The van der Waals surface area contributed by atoms with Crippen LogP contribution in [-0.2, 0) is 18.8 Å². The molecule has 1 aliphatic heterocycles. The number of carbonyl (C=O) groups is 1. The molecule has 4 rings (SSSR count). The summed E-state index contributed by atoms with van der Waals surface area (Å²) in [7, 11) is 0. The zero-order chi connectivity index (χ0) is 17.1. The molecule has 4 heteroatoms. The zero-order valence-corrected chi connectivity index (χ0v) is 14.6. The Bertz CT molecular complexity index is 878. The lowest BCUT2D eigenvalue weighted by atomic mass is 10.1. The number of fused-ring (bicyclic) bond motifs is 1. The molecule has 0 radical (unpaired) electrons. The van der Waals surface area contributed by atoms with Crippen molar-refractivity contribution in [2.75, 3.05) is 0 Å². The third kappa shape index (κ3) is 3.59. The molecule has 0 N–H and O–H groups in total. The van der Waals surface area contributed by atoms with E-state index in [0.717, 1.165) is 27.5 Å². The normalized spacial score (nSPS) is 13.1. The maximum absolute atomic E-state index is 12.4. The lowest BCUT2D eigenvalue weighted by Gasteiger charge is -2.16. The maximum atomic E-state index is 12.4. The SMILES string of the molecule is O=C1c2ccccc2CN1Cc1ccc(CSc2ccccn2)cc1. The molecule has 124 valence electrons. The molecular formula is C21H18N2OS. The summed E-state index contributed by atoms with van der Waals surface area (Å²) in [5, 5.41) is 1.03. The number of rotatable bonds is 5. The molecular weight excluding hydrogens is 328 g/mol. The second-order valence-electron chi connectivity index (χ2n) is 6.09. The van der Waals surface area contributed by atoms with Gasteiger partial charge in [-0.2, -0.15) is 0 Å². The zero-order valence-electron chi connectivity index (χ0n) is 13.8. The van der Waals surface area contributed by atoms with Gasteiger partial charge in [-0.25, -0.2) is 4.98 Å². The minimum Gasteiger partial charge on any atom is -0.330 e. The Morgan fingerprint density at radius 1 is 0.920 bits per heavy atom. The van der Waals surface area contributed by atoms with Crippen molar-refractivity contribution in [2.24, 2.45) is 0 Å². The third-order valence-corrected chi connectivity index (χ3v) is 5.33. The predicted molar refractivity (Wildman–Crippen MR) is 100 cm³/mol. The van der Waals surface area contributed by atoms with Crippen molar-refractivity contribution in [2.45, 2.75) is 23.9 Å². The lowest BCUT2D eigenvalue weighted by Crippen LogP contribution is -2.23. The molecule has 0 fully saturated rings. The molecule has 0 saturated heterocycles. The smallest absolute Gasteiger partial charge is 0.254 e. The summed E-state index contributed by atoms with van der Waals surface area (Å²) in [6.45, 7) is 1.35. The van der Waals surface area contributed by atoms with Crippen LogP contribution in [0, 0.1) is 0 Å². The van der Waals surface area contributed by atoms with Gasteiger partial charge in [0.15, 0.2) is 0 Å². The Balaban J connectivity index is 1.37. The summed E-state index contributed by atoms with van der Waals surface area (Å²) in [5.41, 5.74) is 4.38. The van der Waals surface area contributed by atoms with Gasteiger partial charge in [0.1, 0.15) is 0 Å². The molecule has 0 saturated carbocycles. The van der Waals surface area contributed by atoms with Crippen molar-refractivity contribution >= 4 is 17.7 Å². The van der Waals surface area contributed by atoms with Gasteiger partial charge in [-0.05, 0) is 34.9 Å². The average molecular weight is 346 g/mol. The second-order valence-corrected chi connectivity index (χ2v) is 7.09. The van der Waals surface area contributed by atoms with Gasteiger partial charge in [-0.3, -0.25) is 4.79 Å². The fourth-order valence-corrected chi connectivity index (χ4v) is 3.81. The monoisotopic (exact) mass is 346 g/mol. The van der Waals surface area contributed by atoms with Crippen LogP contribution in [0.1, 0.15) is 27.0 Å². The van der Waals surface area contributed by atoms with Gasteiger partial charge < -0.3 is 4.90 Å². The fraction of sp³-hybridized carbons (Fsp3) is 0.143. The Morgan fingerprint density at radius 2 is 1.68 bits per heavy atom. The number of thioether (sulfide) groups is 1. The minimum atomic E-state index is 0.130. The number of benzene rings is 2. The van der Waals surface area contributed by atoms with E-state index in [9.17, 15) is 4.79 Å². The van der Waals surface area contributed by atoms with Crippen LogP contribution in [0.2, 0.25) is 0 Å². The molecule has 0 unspecified atom stereocenters. The van der Waals surface area contributed by atoms with Crippen molar-refractivity contribution < 1.29 is 4.79 Å². The van der Waals surface area contributed by atoms with E-state index >= 15 is 0 Å². The van der Waals surface area contributed by atoms with Gasteiger partial charge in [0.25, 0.3) is 5.91 Å². The summed E-state index contributed by atoms with van der Waals surface area (Å²) in [6.07, 6.45) is 1.82. The summed E-state index contributed by atoms with van der Waals surface area (Å²) in [5.74, 6) is 1.02. The lowest BCUT2D eigenvalue weighted by molar-refractivity contribution is 0.0766. The third-order valence-electron chi connectivity index (χ3n) is 4.32. The summed E-state index contributed by atoms with van der Waals surface area (Å²) < 4.78 is 0. The first-order valence-corrected chi connectivity index (χ1v) is 9.27. The molecule has 0 atom stereocenters. The highest BCUT2D eigenvalue weighted by Crippen LogP contribution is 2.25. The van der Waals surface area contributed by atoms with Crippen LogP contribution in [0.5, 0.6) is 0 Å². The summed E-state index contributed by atoms with van der Waals surface area (Å²) in [6, 6.07) is 22.3. The minimum absolute atomic E-state index is 0.130. The molecule has 1 aromatic heterocycles. The van der Waals surface area contributed by atoms with Crippen LogP contribution in [0.4, 0.5) is 0 Å². The number of pyridine rings is 1. The average Bonchev–Trinajstić information content (AvgIpc) is 2.98. The standard InChI is InChI=1S/C21H18N2OS/c24-21-19-6-2-1-5-18(19)14-23(21)13-16-8-10-17(11-9-16)15-25-20-7-3-4-12-22-20/h1-12H,13-15H2. The van der Waals surface area contributed by atoms with Gasteiger partial charge in [-0.1, -0.05) is 48.5 Å². The van der Waals surface area contributed by atoms with E-state index in [2.05, 4.69) is 29.2 Å². The van der Waals surface area contributed by atoms with Crippen molar-refractivity contribution in [3.63, 3.8) is 0 Å². The number of carbonyl (C=O) groups excluding carboxylic acids is 1. The van der Waals surface area contributed by atoms with Crippen molar-refractivity contribution in [3.05, 3.63) is 95.2 Å². The molecule has 25 heavy (non-hydrogen) atoms. The quantitative estimate of drug-likeness (QED) is 0.636. The van der Waals surface area contributed by atoms with Crippen LogP contribution in [0.25, 0.3) is 0 Å². The van der Waals surface area contributed by atoms with Gasteiger partial charge in [0, 0.05) is 30.6 Å². The van der Waals surface area contributed by atoms with Crippen LogP contribution < -0.4 is 0 Å². The number of amides is 1. The topological polar surface area (TPSA) is 33.2 Å². The van der Waals surface area contributed by atoms with Crippen molar-refractivity contribution in [1.82, 2.24) is 9.88 Å². The Morgan fingerprint density at radius 3 is 2.44 bits per heavy atom. The highest BCUT2D eigenvalue weighted by molar-refractivity contribution is 7.98. The van der Waals surface area contributed by atoms with E-state index in [0.29, 0.717) is 13.1 Å². The highest BCUT2D eigenvalue weighted by atomic mass is 32.2. The Hall–Kier alpha value is -2.59. The molecule has 3 nitrogen and oxygen atoms in total. The van der Waals surface area contributed by atoms with Gasteiger partial charge in [-0.15, -0.1) is 11.8 Å². The first kappa shape index (κ1) is 15.9. The van der Waals surface area contributed by atoms with Crippen LogP contribution in [-0.4, -0.2) is 15.8 Å². The van der Waals surface area contributed by atoms with E-state index in [-0.39, 0.29) is 5.91 Å². The molecule has 0 spiro atoms. The van der Waals surface area contributed by atoms with Gasteiger partial charge in [0.2, 0.25) is 0 Å². The van der Waals surface area contributed by atoms with Crippen molar-refractivity contribution in [1.29, 1.82) is 0 Å². The Kier molecular flexibility index (Phi) is 4.53. The predicted octanol–water partition coefficient (Wildman–Crippen LogP) is 4.53. The fourth-order valence-electron chi connectivity index (χ4n) is 2.99. The molecule has 1 amide bonds. The molecule has 2 aromatic carbocycles. The van der Waals surface area contributed by atoms with Crippen LogP contribution in [0.3, 0.4) is 0 Å². The van der Waals surface area contributed by atoms with E-state index < -0.39 is 0 Å². The first-order chi connectivity index (χ1) is 12.3. The van der Waals surface area contributed by atoms with E-state index in [4.69, 9.17) is 0 Å². The molecule has 0 aliphatic carbocycles. The molecule has 2 heterocycles. The van der Waals surface area contributed by atoms with E-state index in [1.54, 1.807) is 11.8 Å². The van der Waals surface area contributed by atoms with Gasteiger partial charge >= 0.3 is 0 Å². The van der Waals surface area contributed by atoms with Crippen LogP contribution >= 0.6 is 11.8 Å². The number of hydrogen-bond donors (Lipinski definition) is 0. The molecule has 0 bridgehead atoms. The molecule has 1 aliphatic rings. The summed E-state index contributed by atoms with van der Waals surface area (Å²) in [4.78, 5) is 18.7. The number of aromatic nitrogens is 1. The Labute approximate surface area is 151 Å². The van der Waals surface area contributed by atoms with Crippen molar-refractivity contribution in [3.8, 4) is 0 Å². The number of hydrogen-bond acceptors (Lipinski definition) is 3.